The summed E-state index contributed by atoms with van der Waals surface area (Å²) >= 11 is 0. The molecule has 2 N–H and O–H groups in total. The number of rotatable bonds is 10. The zero-order chi connectivity index (χ0) is 14.0. The fourth-order valence-corrected chi connectivity index (χ4v) is 3.46. The number of unbranched alkanes of at least 4 members (excludes halogenated alkanes) is 6. The first-order chi connectivity index (χ1) is 9.25. The predicted molar refractivity (Wildman–Crippen MR) is 83.4 cm³/mol. The Kier molecular flexibility index (Phi) is 8.72. The largest absolute Gasteiger partial charge is 0.377 e. The third-order valence-electron chi connectivity index (χ3n) is 4.90. The van der Waals surface area contributed by atoms with E-state index >= 15 is 0 Å². The Labute approximate surface area is 120 Å². The Balaban J connectivity index is 2.13. The molecule has 1 fully saturated rings. The van der Waals surface area contributed by atoms with E-state index in [0.29, 0.717) is 0 Å². The van der Waals surface area contributed by atoms with Crippen LogP contribution in [0, 0.1) is 0 Å². The molecule has 1 atom stereocenters. The van der Waals surface area contributed by atoms with Crippen LogP contribution in [0.4, 0.5) is 0 Å². The molecular formula is C17H35NO. The Morgan fingerprint density at radius 3 is 2.11 bits per heavy atom. The molecule has 0 heterocycles. The zero-order valence-electron chi connectivity index (χ0n) is 13.3. The molecule has 0 spiro atoms. The van der Waals surface area contributed by atoms with Crippen LogP contribution in [0.25, 0.3) is 0 Å². The van der Waals surface area contributed by atoms with Crippen LogP contribution in [0.15, 0.2) is 0 Å². The highest BCUT2D eigenvalue weighted by Crippen LogP contribution is 2.34. The highest BCUT2D eigenvalue weighted by Gasteiger charge is 2.37. The smallest absolute Gasteiger partial charge is 0.0828 e. The number of hydrogen-bond donors (Lipinski definition) is 1. The monoisotopic (exact) mass is 269 g/mol. The van der Waals surface area contributed by atoms with Crippen LogP contribution < -0.4 is 5.73 Å². The predicted octanol–water partition coefficient (Wildman–Crippen LogP) is 4.80. The third kappa shape index (κ3) is 5.83. The maximum Gasteiger partial charge on any atom is 0.0828 e. The summed E-state index contributed by atoms with van der Waals surface area (Å²) in [6.07, 6.45) is 17.0. The third-order valence-corrected chi connectivity index (χ3v) is 4.90. The van der Waals surface area contributed by atoms with Gasteiger partial charge in [-0.1, -0.05) is 71.1 Å². The molecule has 19 heavy (non-hydrogen) atoms. The molecule has 2 heteroatoms. The summed E-state index contributed by atoms with van der Waals surface area (Å²) in [5, 5.41) is 0. The van der Waals surface area contributed by atoms with Crippen molar-refractivity contribution in [3.05, 3.63) is 0 Å². The summed E-state index contributed by atoms with van der Waals surface area (Å²) in [5.74, 6) is 0. The van der Waals surface area contributed by atoms with Gasteiger partial charge in [0.1, 0.15) is 0 Å². The van der Waals surface area contributed by atoms with Gasteiger partial charge in [0.05, 0.1) is 5.60 Å². The van der Waals surface area contributed by atoms with Crippen molar-refractivity contribution in [2.45, 2.75) is 102 Å². The molecule has 1 saturated carbocycles. The molecule has 0 amide bonds. The lowest BCUT2D eigenvalue weighted by Crippen LogP contribution is -2.50. The molecular weight excluding hydrogens is 234 g/mol. The molecule has 0 aliphatic heterocycles. The minimum absolute atomic E-state index is 0.000457. The fraction of sp³-hybridized carbons (Fsp3) is 1.00. The van der Waals surface area contributed by atoms with Crippen molar-refractivity contribution in [3.8, 4) is 0 Å². The SMILES string of the molecule is CCCCCCCCCC(N)C1(OC)CCCCC1. The van der Waals surface area contributed by atoms with Gasteiger partial charge in [-0.15, -0.1) is 0 Å². The van der Waals surface area contributed by atoms with E-state index in [1.807, 2.05) is 7.11 Å². The molecule has 0 radical (unpaired) electrons. The Hall–Kier alpha value is -0.0800. The average molecular weight is 269 g/mol. The summed E-state index contributed by atoms with van der Waals surface area (Å²) < 4.78 is 5.83. The van der Waals surface area contributed by atoms with E-state index < -0.39 is 0 Å². The van der Waals surface area contributed by atoms with Crippen LogP contribution in [-0.2, 0) is 4.74 Å². The van der Waals surface area contributed by atoms with Gasteiger partial charge in [-0.2, -0.15) is 0 Å². The van der Waals surface area contributed by atoms with Gasteiger partial charge in [-0.3, -0.25) is 0 Å². The first-order valence-corrected chi connectivity index (χ1v) is 8.56. The lowest BCUT2D eigenvalue weighted by Gasteiger charge is -2.41. The fourth-order valence-electron chi connectivity index (χ4n) is 3.46. The second-order valence-electron chi connectivity index (χ2n) is 6.35. The van der Waals surface area contributed by atoms with Crippen molar-refractivity contribution >= 4 is 0 Å². The maximum atomic E-state index is 6.43. The lowest BCUT2D eigenvalue weighted by atomic mass is 9.78. The number of nitrogens with two attached hydrogens (primary N) is 1. The maximum absolute atomic E-state index is 6.43. The second-order valence-corrected chi connectivity index (χ2v) is 6.35. The minimum Gasteiger partial charge on any atom is -0.377 e. The highest BCUT2D eigenvalue weighted by atomic mass is 16.5. The molecule has 1 aliphatic carbocycles. The van der Waals surface area contributed by atoms with Crippen molar-refractivity contribution in [2.24, 2.45) is 5.73 Å². The van der Waals surface area contributed by atoms with E-state index in [0.717, 1.165) is 6.42 Å². The molecule has 0 bridgehead atoms. The van der Waals surface area contributed by atoms with E-state index in [2.05, 4.69) is 6.92 Å². The van der Waals surface area contributed by atoms with Crippen LogP contribution in [0.3, 0.4) is 0 Å². The topological polar surface area (TPSA) is 35.2 Å². The molecule has 114 valence electrons. The van der Waals surface area contributed by atoms with E-state index in [1.54, 1.807) is 0 Å². The summed E-state index contributed by atoms with van der Waals surface area (Å²) in [4.78, 5) is 0. The summed E-state index contributed by atoms with van der Waals surface area (Å²) in [6, 6.07) is 0.244. The zero-order valence-corrected chi connectivity index (χ0v) is 13.3. The Morgan fingerprint density at radius 1 is 0.947 bits per heavy atom. The van der Waals surface area contributed by atoms with Crippen molar-refractivity contribution in [3.63, 3.8) is 0 Å². The number of methoxy groups -OCH3 is 1. The first-order valence-electron chi connectivity index (χ1n) is 8.56. The van der Waals surface area contributed by atoms with Gasteiger partial charge >= 0.3 is 0 Å². The van der Waals surface area contributed by atoms with Crippen LogP contribution in [0.1, 0.15) is 90.4 Å². The summed E-state index contributed by atoms with van der Waals surface area (Å²) in [7, 11) is 1.86. The van der Waals surface area contributed by atoms with Gasteiger partial charge in [0.25, 0.3) is 0 Å². The second kappa shape index (κ2) is 9.77. The van der Waals surface area contributed by atoms with E-state index in [-0.39, 0.29) is 11.6 Å². The van der Waals surface area contributed by atoms with Gasteiger partial charge in [0.2, 0.25) is 0 Å². The van der Waals surface area contributed by atoms with Gasteiger partial charge in [0.15, 0.2) is 0 Å². The van der Waals surface area contributed by atoms with Gasteiger partial charge < -0.3 is 10.5 Å². The Bertz CT molecular complexity index is 211. The van der Waals surface area contributed by atoms with Crippen LogP contribution in [0.5, 0.6) is 0 Å². The van der Waals surface area contributed by atoms with Crippen molar-refractivity contribution in [1.82, 2.24) is 0 Å². The van der Waals surface area contributed by atoms with Gasteiger partial charge in [-0.25, -0.2) is 0 Å². The van der Waals surface area contributed by atoms with E-state index in [4.69, 9.17) is 10.5 Å². The molecule has 0 aromatic heterocycles. The van der Waals surface area contributed by atoms with Gasteiger partial charge in [-0.05, 0) is 19.3 Å². The normalized spacial score (nSPS) is 20.4. The molecule has 1 aliphatic rings. The first kappa shape index (κ1) is 17.0. The Morgan fingerprint density at radius 2 is 1.53 bits per heavy atom. The van der Waals surface area contributed by atoms with Gasteiger partial charge in [0, 0.05) is 13.2 Å². The number of hydrogen-bond acceptors (Lipinski definition) is 2. The minimum atomic E-state index is 0.000457. The van der Waals surface area contributed by atoms with Crippen LogP contribution in [0.2, 0.25) is 0 Å². The van der Waals surface area contributed by atoms with Crippen LogP contribution >= 0.6 is 0 Å². The molecule has 0 aromatic carbocycles. The standard InChI is InChI=1S/C17H35NO/c1-3-4-5-6-7-8-10-13-16(18)17(19-2)14-11-9-12-15-17/h16H,3-15,18H2,1-2H3. The van der Waals surface area contributed by atoms with Crippen molar-refractivity contribution < 1.29 is 4.74 Å². The molecule has 1 unspecified atom stereocenters. The van der Waals surface area contributed by atoms with E-state index in [9.17, 15) is 0 Å². The molecule has 2 nitrogen and oxygen atoms in total. The highest BCUT2D eigenvalue weighted by molar-refractivity contribution is 4.93. The summed E-state index contributed by atoms with van der Waals surface area (Å²) in [5.41, 5.74) is 6.43. The van der Waals surface area contributed by atoms with E-state index in [1.165, 1.54) is 77.0 Å². The molecule has 0 saturated heterocycles. The molecule has 1 rings (SSSR count). The quantitative estimate of drug-likeness (QED) is 0.578. The van der Waals surface area contributed by atoms with Crippen LogP contribution in [-0.4, -0.2) is 18.8 Å². The molecule has 0 aromatic rings. The average Bonchev–Trinajstić information content (AvgIpc) is 2.46. The lowest BCUT2D eigenvalue weighted by molar-refractivity contribution is -0.0605. The van der Waals surface area contributed by atoms with Crippen molar-refractivity contribution in [2.75, 3.05) is 7.11 Å². The van der Waals surface area contributed by atoms with Crippen molar-refractivity contribution in [1.29, 1.82) is 0 Å². The number of ether oxygens (including phenoxy) is 1. The summed E-state index contributed by atoms with van der Waals surface area (Å²) in [6.45, 7) is 2.27.